The van der Waals surface area contributed by atoms with Crippen molar-refractivity contribution >= 4 is 21.6 Å². The van der Waals surface area contributed by atoms with Gasteiger partial charge < -0.3 is 10.1 Å². The highest BCUT2D eigenvalue weighted by atomic mass is 79.9. The lowest BCUT2D eigenvalue weighted by Crippen LogP contribution is -2.27. The van der Waals surface area contributed by atoms with Crippen LogP contribution in [0.15, 0.2) is 16.6 Å². The zero-order valence-electron chi connectivity index (χ0n) is 12.1. The predicted octanol–water partition coefficient (Wildman–Crippen LogP) is 5.15. The van der Waals surface area contributed by atoms with E-state index in [1.807, 2.05) is 6.07 Å². The number of anilines is 1. The lowest BCUT2D eigenvalue weighted by atomic mass is 9.84. The van der Waals surface area contributed by atoms with Gasteiger partial charge in [-0.3, -0.25) is 0 Å². The van der Waals surface area contributed by atoms with Crippen molar-refractivity contribution in [2.24, 2.45) is 5.92 Å². The Hall–Kier alpha value is -0.700. The third-order valence-corrected chi connectivity index (χ3v) is 4.65. The number of nitrogens with one attached hydrogen (secondary N) is 1. The van der Waals surface area contributed by atoms with Gasteiger partial charge >= 0.3 is 0 Å². The van der Waals surface area contributed by atoms with E-state index in [0.29, 0.717) is 6.04 Å². The summed E-state index contributed by atoms with van der Waals surface area (Å²) in [6.45, 7) is 4.44. The zero-order chi connectivity index (χ0) is 13.8. The van der Waals surface area contributed by atoms with Gasteiger partial charge in [-0.05, 0) is 43.4 Å². The van der Waals surface area contributed by atoms with Crippen LogP contribution in [0.25, 0.3) is 0 Å². The first kappa shape index (κ1) is 14.7. The minimum Gasteiger partial charge on any atom is -0.495 e. The molecule has 1 aromatic carbocycles. The highest BCUT2D eigenvalue weighted by Gasteiger charge is 2.22. The SMILES string of the molecule is CCC1CCCC(Nc2c(C)cc(Br)cc2OC)C1. The standard InChI is InChI=1S/C16H24BrNO/c1-4-12-6-5-7-14(9-12)18-16-11(2)8-13(17)10-15(16)19-3/h8,10,12,14,18H,4-7,9H2,1-3H3. The first-order valence-electron chi connectivity index (χ1n) is 7.24. The van der Waals surface area contributed by atoms with Crippen molar-refractivity contribution in [2.75, 3.05) is 12.4 Å². The molecular formula is C16H24BrNO. The van der Waals surface area contributed by atoms with Gasteiger partial charge in [0.1, 0.15) is 5.75 Å². The van der Waals surface area contributed by atoms with Gasteiger partial charge in [0.25, 0.3) is 0 Å². The van der Waals surface area contributed by atoms with Crippen molar-refractivity contribution in [3.8, 4) is 5.75 Å². The predicted molar refractivity (Wildman–Crippen MR) is 85.1 cm³/mol. The van der Waals surface area contributed by atoms with E-state index in [-0.39, 0.29) is 0 Å². The van der Waals surface area contributed by atoms with Crippen molar-refractivity contribution in [2.45, 2.75) is 52.0 Å². The number of rotatable bonds is 4. The summed E-state index contributed by atoms with van der Waals surface area (Å²) in [7, 11) is 1.74. The fraction of sp³-hybridized carbons (Fsp3) is 0.625. The quantitative estimate of drug-likeness (QED) is 0.826. The van der Waals surface area contributed by atoms with E-state index in [0.717, 1.165) is 21.8 Å². The zero-order valence-corrected chi connectivity index (χ0v) is 13.7. The second-order valence-corrected chi connectivity index (χ2v) is 6.50. The first-order valence-corrected chi connectivity index (χ1v) is 8.04. The number of ether oxygens (including phenoxy) is 1. The topological polar surface area (TPSA) is 21.3 Å². The lowest BCUT2D eigenvalue weighted by molar-refractivity contribution is 0.326. The minimum atomic E-state index is 0.590. The maximum atomic E-state index is 5.51. The molecule has 0 saturated heterocycles. The van der Waals surface area contributed by atoms with Gasteiger partial charge in [-0.1, -0.05) is 42.1 Å². The van der Waals surface area contributed by atoms with Gasteiger partial charge in [0.05, 0.1) is 12.8 Å². The Kier molecular flexibility index (Phi) is 5.14. The summed E-state index contributed by atoms with van der Waals surface area (Å²) >= 11 is 3.53. The van der Waals surface area contributed by atoms with Crippen molar-refractivity contribution in [1.29, 1.82) is 0 Å². The molecule has 2 nitrogen and oxygen atoms in total. The molecule has 0 spiro atoms. The Morgan fingerprint density at radius 2 is 2.16 bits per heavy atom. The van der Waals surface area contributed by atoms with Gasteiger partial charge in [0, 0.05) is 10.5 Å². The summed E-state index contributed by atoms with van der Waals surface area (Å²) in [5.74, 6) is 1.82. The molecule has 3 heteroatoms. The van der Waals surface area contributed by atoms with Gasteiger partial charge in [-0.25, -0.2) is 0 Å². The van der Waals surface area contributed by atoms with E-state index >= 15 is 0 Å². The van der Waals surface area contributed by atoms with E-state index in [2.05, 4.69) is 41.2 Å². The van der Waals surface area contributed by atoms with Crippen molar-refractivity contribution in [3.63, 3.8) is 0 Å². The molecule has 106 valence electrons. The molecule has 1 aromatic rings. The van der Waals surface area contributed by atoms with Gasteiger partial charge in [0.15, 0.2) is 0 Å². The van der Waals surface area contributed by atoms with E-state index < -0.39 is 0 Å². The van der Waals surface area contributed by atoms with Crippen LogP contribution in [-0.4, -0.2) is 13.2 Å². The Bertz CT molecular complexity index is 433. The van der Waals surface area contributed by atoms with Crippen molar-refractivity contribution in [3.05, 3.63) is 22.2 Å². The van der Waals surface area contributed by atoms with Crippen LogP contribution in [0, 0.1) is 12.8 Å². The van der Waals surface area contributed by atoms with Crippen LogP contribution in [0.5, 0.6) is 5.75 Å². The average molecular weight is 326 g/mol. The Labute approximate surface area is 125 Å². The highest BCUT2D eigenvalue weighted by Crippen LogP contribution is 2.35. The third-order valence-electron chi connectivity index (χ3n) is 4.19. The summed E-state index contributed by atoms with van der Waals surface area (Å²) in [6, 6.07) is 4.77. The van der Waals surface area contributed by atoms with Crippen molar-refractivity contribution in [1.82, 2.24) is 0 Å². The van der Waals surface area contributed by atoms with Gasteiger partial charge in [-0.2, -0.15) is 0 Å². The van der Waals surface area contributed by atoms with Gasteiger partial charge in [0.2, 0.25) is 0 Å². The fourth-order valence-corrected chi connectivity index (χ4v) is 3.61. The largest absolute Gasteiger partial charge is 0.495 e. The van der Waals surface area contributed by atoms with Crippen LogP contribution < -0.4 is 10.1 Å². The minimum absolute atomic E-state index is 0.590. The molecule has 0 bridgehead atoms. The van der Waals surface area contributed by atoms with Gasteiger partial charge in [-0.15, -0.1) is 0 Å². The van der Waals surface area contributed by atoms with E-state index in [1.54, 1.807) is 7.11 Å². The van der Waals surface area contributed by atoms with Crippen LogP contribution >= 0.6 is 15.9 Å². The molecule has 2 rings (SSSR count). The number of halogens is 1. The summed E-state index contributed by atoms with van der Waals surface area (Å²) in [5, 5.41) is 3.71. The summed E-state index contributed by atoms with van der Waals surface area (Å²) in [4.78, 5) is 0. The van der Waals surface area contributed by atoms with E-state index in [9.17, 15) is 0 Å². The fourth-order valence-electron chi connectivity index (χ4n) is 3.06. The van der Waals surface area contributed by atoms with Crippen LogP contribution in [0.1, 0.15) is 44.6 Å². The molecule has 0 radical (unpaired) electrons. The maximum Gasteiger partial charge on any atom is 0.143 e. The first-order chi connectivity index (χ1) is 9.13. The molecule has 0 amide bonds. The average Bonchev–Trinajstić information content (AvgIpc) is 2.41. The summed E-state index contributed by atoms with van der Waals surface area (Å²) in [5.41, 5.74) is 2.40. The summed E-state index contributed by atoms with van der Waals surface area (Å²) in [6.07, 6.45) is 6.60. The van der Waals surface area contributed by atoms with Crippen LogP contribution in [0.4, 0.5) is 5.69 Å². The normalized spacial score (nSPS) is 23.2. The second kappa shape index (κ2) is 6.65. The van der Waals surface area contributed by atoms with Crippen LogP contribution in [-0.2, 0) is 0 Å². The number of hydrogen-bond donors (Lipinski definition) is 1. The Morgan fingerprint density at radius 3 is 2.84 bits per heavy atom. The highest BCUT2D eigenvalue weighted by molar-refractivity contribution is 9.10. The Balaban J connectivity index is 2.14. The van der Waals surface area contributed by atoms with E-state index in [4.69, 9.17) is 4.74 Å². The molecule has 1 aliphatic carbocycles. The monoisotopic (exact) mass is 325 g/mol. The molecule has 1 saturated carbocycles. The molecular weight excluding hydrogens is 302 g/mol. The maximum absolute atomic E-state index is 5.51. The van der Waals surface area contributed by atoms with Crippen LogP contribution in [0.3, 0.4) is 0 Å². The molecule has 0 heterocycles. The number of hydrogen-bond acceptors (Lipinski definition) is 2. The molecule has 1 aliphatic rings. The molecule has 2 atom stereocenters. The Morgan fingerprint density at radius 1 is 1.37 bits per heavy atom. The molecule has 0 aliphatic heterocycles. The number of methoxy groups -OCH3 is 1. The summed E-state index contributed by atoms with van der Waals surface area (Å²) < 4.78 is 6.58. The van der Waals surface area contributed by atoms with Crippen LogP contribution in [0.2, 0.25) is 0 Å². The lowest BCUT2D eigenvalue weighted by Gasteiger charge is -2.31. The number of benzene rings is 1. The molecule has 2 unspecified atom stereocenters. The van der Waals surface area contributed by atoms with E-state index in [1.165, 1.54) is 37.7 Å². The van der Waals surface area contributed by atoms with Crippen molar-refractivity contribution < 1.29 is 4.74 Å². The molecule has 19 heavy (non-hydrogen) atoms. The smallest absolute Gasteiger partial charge is 0.143 e. The third kappa shape index (κ3) is 3.65. The number of aryl methyl sites for hydroxylation is 1. The molecule has 1 N–H and O–H groups in total. The molecule has 1 fully saturated rings. The second-order valence-electron chi connectivity index (χ2n) is 5.58. The molecule has 0 aromatic heterocycles.